The van der Waals surface area contributed by atoms with Crippen molar-refractivity contribution in [3.63, 3.8) is 0 Å². The Hall–Kier alpha value is -1.06. The van der Waals surface area contributed by atoms with Crippen LogP contribution in [0, 0.1) is 0 Å². The van der Waals surface area contributed by atoms with Gasteiger partial charge >= 0.3 is 0 Å². The molecule has 0 radical (unpaired) electrons. The van der Waals surface area contributed by atoms with Gasteiger partial charge < -0.3 is 10.2 Å². The molecule has 0 saturated heterocycles. The van der Waals surface area contributed by atoms with Gasteiger partial charge in [0.2, 0.25) is 5.89 Å². The predicted molar refractivity (Wildman–Crippen MR) is 60.8 cm³/mol. The maximum atomic E-state index is 6.05. The lowest BCUT2D eigenvalue weighted by Crippen LogP contribution is -2.32. The Morgan fingerprint density at radius 1 is 1.53 bits per heavy atom. The van der Waals surface area contributed by atoms with Gasteiger partial charge in [0.15, 0.2) is 5.58 Å². The second kappa shape index (κ2) is 3.51. The van der Waals surface area contributed by atoms with Crippen molar-refractivity contribution in [3.05, 3.63) is 29.1 Å². The molecule has 0 aliphatic heterocycles. The Morgan fingerprint density at radius 3 is 2.93 bits per heavy atom. The fourth-order valence-corrected chi connectivity index (χ4v) is 1.46. The molecule has 0 aliphatic rings. The SMILES string of the molecule is CCC(C)(N)c1nc2cc(Cl)ccc2o1. The van der Waals surface area contributed by atoms with Gasteiger partial charge in [-0.15, -0.1) is 0 Å². The lowest BCUT2D eigenvalue weighted by atomic mass is 10.0. The molecule has 0 spiro atoms. The first-order valence-electron chi connectivity index (χ1n) is 4.88. The fourth-order valence-electron chi connectivity index (χ4n) is 1.30. The highest BCUT2D eigenvalue weighted by atomic mass is 35.5. The summed E-state index contributed by atoms with van der Waals surface area (Å²) in [6.45, 7) is 3.90. The van der Waals surface area contributed by atoms with Gasteiger partial charge in [-0.3, -0.25) is 0 Å². The van der Waals surface area contributed by atoms with Gasteiger partial charge in [-0.25, -0.2) is 4.98 Å². The summed E-state index contributed by atoms with van der Waals surface area (Å²) in [5.74, 6) is 0.558. The number of benzene rings is 1. The molecule has 1 aromatic carbocycles. The van der Waals surface area contributed by atoms with Crippen molar-refractivity contribution in [3.8, 4) is 0 Å². The third-order valence-electron chi connectivity index (χ3n) is 2.57. The lowest BCUT2D eigenvalue weighted by Gasteiger charge is -2.17. The van der Waals surface area contributed by atoms with E-state index in [0.717, 1.165) is 17.5 Å². The van der Waals surface area contributed by atoms with Crippen LogP contribution < -0.4 is 5.73 Å². The van der Waals surface area contributed by atoms with Crippen molar-refractivity contribution in [2.24, 2.45) is 5.73 Å². The number of oxazole rings is 1. The molecule has 0 aliphatic carbocycles. The molecule has 80 valence electrons. The summed E-state index contributed by atoms with van der Waals surface area (Å²) in [5.41, 5.74) is 7.00. The number of nitrogens with two attached hydrogens (primary N) is 1. The summed E-state index contributed by atoms with van der Waals surface area (Å²) in [5, 5.41) is 0.651. The van der Waals surface area contributed by atoms with Gasteiger partial charge in [0, 0.05) is 5.02 Å². The number of aromatic nitrogens is 1. The van der Waals surface area contributed by atoms with Crippen LogP contribution in [0.2, 0.25) is 5.02 Å². The van der Waals surface area contributed by atoms with E-state index < -0.39 is 5.54 Å². The van der Waals surface area contributed by atoms with Gasteiger partial charge in [0.25, 0.3) is 0 Å². The summed E-state index contributed by atoms with van der Waals surface area (Å²) < 4.78 is 5.58. The number of hydrogen-bond acceptors (Lipinski definition) is 3. The van der Waals surface area contributed by atoms with E-state index >= 15 is 0 Å². The Kier molecular flexibility index (Phi) is 2.44. The van der Waals surface area contributed by atoms with Crippen LogP contribution in [0.25, 0.3) is 11.1 Å². The van der Waals surface area contributed by atoms with Crippen molar-refractivity contribution in [2.75, 3.05) is 0 Å². The van der Waals surface area contributed by atoms with E-state index in [1.807, 2.05) is 13.8 Å². The second-order valence-electron chi connectivity index (χ2n) is 3.90. The van der Waals surface area contributed by atoms with Crippen LogP contribution in [-0.2, 0) is 5.54 Å². The molecular formula is C11H13ClN2O. The van der Waals surface area contributed by atoms with Crippen LogP contribution >= 0.6 is 11.6 Å². The van der Waals surface area contributed by atoms with Crippen LogP contribution in [0.5, 0.6) is 0 Å². The van der Waals surface area contributed by atoms with Crippen molar-refractivity contribution in [1.82, 2.24) is 4.98 Å². The molecule has 0 saturated carbocycles. The zero-order valence-electron chi connectivity index (χ0n) is 8.75. The molecule has 2 aromatic rings. The standard InChI is InChI=1S/C11H13ClN2O/c1-3-11(2,13)10-14-8-6-7(12)4-5-9(8)15-10/h4-6H,3,13H2,1-2H3. The lowest BCUT2D eigenvalue weighted by molar-refractivity contribution is 0.356. The van der Waals surface area contributed by atoms with E-state index in [1.165, 1.54) is 0 Å². The Balaban J connectivity index is 2.56. The highest BCUT2D eigenvalue weighted by Crippen LogP contribution is 2.26. The first-order chi connectivity index (χ1) is 7.03. The molecule has 1 aromatic heterocycles. The van der Waals surface area contributed by atoms with Crippen LogP contribution in [0.3, 0.4) is 0 Å². The average Bonchev–Trinajstić information content (AvgIpc) is 2.61. The maximum absolute atomic E-state index is 6.05. The van der Waals surface area contributed by atoms with Crippen LogP contribution in [0.4, 0.5) is 0 Å². The summed E-state index contributed by atoms with van der Waals surface area (Å²) in [6.07, 6.45) is 0.771. The van der Waals surface area contributed by atoms with E-state index in [4.69, 9.17) is 21.8 Å². The van der Waals surface area contributed by atoms with E-state index in [9.17, 15) is 0 Å². The predicted octanol–water partition coefficient (Wildman–Crippen LogP) is 3.07. The van der Waals surface area contributed by atoms with Gasteiger partial charge in [-0.05, 0) is 31.5 Å². The van der Waals surface area contributed by atoms with E-state index in [0.29, 0.717) is 10.9 Å². The minimum absolute atomic E-state index is 0.522. The minimum atomic E-state index is -0.522. The molecule has 3 nitrogen and oxygen atoms in total. The maximum Gasteiger partial charge on any atom is 0.215 e. The van der Waals surface area contributed by atoms with E-state index in [-0.39, 0.29) is 0 Å². The molecule has 0 bridgehead atoms. The molecule has 1 heterocycles. The normalized spacial score (nSPS) is 15.5. The largest absolute Gasteiger partial charge is 0.439 e. The third-order valence-corrected chi connectivity index (χ3v) is 2.81. The highest BCUT2D eigenvalue weighted by molar-refractivity contribution is 6.31. The average molecular weight is 225 g/mol. The van der Waals surface area contributed by atoms with Crippen molar-refractivity contribution >= 4 is 22.7 Å². The molecule has 2 rings (SSSR count). The quantitative estimate of drug-likeness (QED) is 0.853. The molecule has 2 N–H and O–H groups in total. The number of fused-ring (bicyclic) bond motifs is 1. The highest BCUT2D eigenvalue weighted by Gasteiger charge is 2.25. The summed E-state index contributed by atoms with van der Waals surface area (Å²) in [6, 6.07) is 5.36. The Labute approximate surface area is 93.2 Å². The first-order valence-corrected chi connectivity index (χ1v) is 5.26. The summed E-state index contributed by atoms with van der Waals surface area (Å²) in [7, 11) is 0. The monoisotopic (exact) mass is 224 g/mol. The van der Waals surface area contributed by atoms with Gasteiger partial charge in [-0.2, -0.15) is 0 Å². The summed E-state index contributed by atoms with van der Waals surface area (Å²) in [4.78, 5) is 4.34. The molecule has 0 fully saturated rings. The number of hydrogen-bond donors (Lipinski definition) is 1. The molecular weight excluding hydrogens is 212 g/mol. The Bertz CT molecular complexity index is 490. The van der Waals surface area contributed by atoms with Crippen molar-refractivity contribution in [2.45, 2.75) is 25.8 Å². The second-order valence-corrected chi connectivity index (χ2v) is 4.34. The van der Waals surface area contributed by atoms with Crippen molar-refractivity contribution in [1.29, 1.82) is 0 Å². The van der Waals surface area contributed by atoms with Gasteiger partial charge in [0.05, 0.1) is 5.54 Å². The fraction of sp³-hybridized carbons (Fsp3) is 0.364. The molecule has 1 atom stereocenters. The molecule has 4 heteroatoms. The number of halogens is 1. The third kappa shape index (κ3) is 1.85. The molecule has 15 heavy (non-hydrogen) atoms. The topological polar surface area (TPSA) is 52.0 Å². The van der Waals surface area contributed by atoms with Crippen LogP contribution in [0.15, 0.2) is 22.6 Å². The van der Waals surface area contributed by atoms with E-state index in [2.05, 4.69) is 4.98 Å². The van der Waals surface area contributed by atoms with Crippen LogP contribution in [0.1, 0.15) is 26.2 Å². The molecule has 0 amide bonds. The zero-order chi connectivity index (χ0) is 11.1. The minimum Gasteiger partial charge on any atom is -0.439 e. The van der Waals surface area contributed by atoms with Gasteiger partial charge in [-0.1, -0.05) is 18.5 Å². The Morgan fingerprint density at radius 2 is 2.27 bits per heavy atom. The summed E-state index contributed by atoms with van der Waals surface area (Å²) >= 11 is 5.86. The smallest absolute Gasteiger partial charge is 0.215 e. The van der Waals surface area contributed by atoms with E-state index in [1.54, 1.807) is 18.2 Å². The molecule has 1 unspecified atom stereocenters. The number of rotatable bonds is 2. The first kappa shape index (κ1) is 10.5. The van der Waals surface area contributed by atoms with Crippen molar-refractivity contribution < 1.29 is 4.42 Å². The number of nitrogens with zero attached hydrogens (tertiary/aromatic N) is 1. The zero-order valence-corrected chi connectivity index (χ0v) is 9.51. The van der Waals surface area contributed by atoms with Gasteiger partial charge in [0.1, 0.15) is 5.52 Å². The van der Waals surface area contributed by atoms with Crippen LogP contribution in [-0.4, -0.2) is 4.98 Å².